The fourth-order valence-electron chi connectivity index (χ4n) is 3.80. The van der Waals surface area contributed by atoms with Gasteiger partial charge in [0.25, 0.3) is 0 Å². The summed E-state index contributed by atoms with van der Waals surface area (Å²) in [6.45, 7) is 7.02. The minimum absolute atomic E-state index is 0.135. The summed E-state index contributed by atoms with van der Waals surface area (Å²) < 4.78 is 13.2. The zero-order chi connectivity index (χ0) is 20.6. The Balaban J connectivity index is 1.56. The summed E-state index contributed by atoms with van der Waals surface area (Å²) in [6, 6.07) is 10.1. The van der Waals surface area contributed by atoms with Crippen LogP contribution in [0.4, 0.5) is 15.0 Å². The highest BCUT2D eigenvalue weighted by Gasteiger charge is 2.20. The van der Waals surface area contributed by atoms with Crippen LogP contribution in [0.2, 0.25) is 0 Å². The first-order chi connectivity index (χ1) is 14.1. The van der Waals surface area contributed by atoms with Crippen LogP contribution in [0, 0.1) is 5.82 Å². The molecule has 1 N–H and O–H groups in total. The molecule has 1 unspecified atom stereocenters. The summed E-state index contributed by atoms with van der Waals surface area (Å²) in [7, 11) is 0. The predicted molar refractivity (Wildman–Crippen MR) is 114 cm³/mol. The summed E-state index contributed by atoms with van der Waals surface area (Å²) in [5.74, 6) is 0.742. The van der Waals surface area contributed by atoms with Gasteiger partial charge in [0.1, 0.15) is 11.6 Å². The van der Waals surface area contributed by atoms with Crippen LogP contribution in [0.1, 0.15) is 56.7 Å². The Morgan fingerprint density at radius 1 is 1.14 bits per heavy atom. The number of pyridine rings is 1. The lowest BCUT2D eigenvalue weighted by molar-refractivity contribution is 0.182. The topological polar surface area (TPSA) is 48.5 Å². The third-order valence-corrected chi connectivity index (χ3v) is 5.60. The first-order valence-corrected chi connectivity index (χ1v) is 10.6. The van der Waals surface area contributed by atoms with E-state index in [1.807, 2.05) is 32.2 Å². The van der Waals surface area contributed by atoms with Gasteiger partial charge < -0.3 is 15.1 Å². The van der Waals surface area contributed by atoms with E-state index in [1.165, 1.54) is 37.8 Å². The minimum atomic E-state index is -0.274. The average molecular weight is 399 g/mol. The number of carbonyl (C=O) groups excluding carboxylic acids is 1. The second-order valence-corrected chi connectivity index (χ2v) is 7.60. The third kappa shape index (κ3) is 5.68. The standard InChI is InChI=1S/C23H31FN4O/c1-3-28(18(2)20-9-11-21(24)12-10-20)23(29)26-17-19-8-13-22(25-16-19)27-14-6-4-5-7-15-27/h8-13,16,18H,3-7,14-15,17H2,1-2H3,(H,26,29). The molecule has 0 aliphatic carbocycles. The van der Waals surface area contributed by atoms with E-state index in [0.29, 0.717) is 13.1 Å². The Kier molecular flexibility index (Phi) is 7.44. The molecule has 2 heterocycles. The largest absolute Gasteiger partial charge is 0.357 e. The summed E-state index contributed by atoms with van der Waals surface area (Å²) >= 11 is 0. The lowest BCUT2D eigenvalue weighted by atomic mass is 10.1. The fourth-order valence-corrected chi connectivity index (χ4v) is 3.80. The molecule has 0 saturated carbocycles. The molecule has 1 atom stereocenters. The lowest BCUT2D eigenvalue weighted by Crippen LogP contribution is -2.41. The number of hydrogen-bond donors (Lipinski definition) is 1. The molecule has 0 radical (unpaired) electrons. The summed E-state index contributed by atoms with van der Waals surface area (Å²) in [5.41, 5.74) is 1.88. The van der Waals surface area contributed by atoms with Crippen molar-refractivity contribution >= 4 is 11.8 Å². The molecule has 156 valence electrons. The number of benzene rings is 1. The molecule has 1 aromatic carbocycles. The van der Waals surface area contributed by atoms with Crippen molar-refractivity contribution in [1.82, 2.24) is 15.2 Å². The maximum atomic E-state index is 13.2. The van der Waals surface area contributed by atoms with Crippen molar-refractivity contribution < 1.29 is 9.18 Å². The number of nitrogens with zero attached hydrogens (tertiary/aromatic N) is 3. The van der Waals surface area contributed by atoms with Crippen LogP contribution in [-0.2, 0) is 6.54 Å². The normalized spacial score (nSPS) is 15.5. The van der Waals surface area contributed by atoms with E-state index in [9.17, 15) is 9.18 Å². The molecule has 1 aliphatic heterocycles. The van der Waals surface area contributed by atoms with Crippen LogP contribution < -0.4 is 10.2 Å². The molecule has 1 aliphatic rings. The van der Waals surface area contributed by atoms with Crippen LogP contribution in [0.25, 0.3) is 0 Å². The van der Waals surface area contributed by atoms with Crippen LogP contribution in [0.15, 0.2) is 42.6 Å². The van der Waals surface area contributed by atoms with E-state index in [4.69, 9.17) is 0 Å². The molecule has 2 amide bonds. The number of aromatic nitrogens is 1. The molecule has 29 heavy (non-hydrogen) atoms. The van der Waals surface area contributed by atoms with Gasteiger partial charge >= 0.3 is 6.03 Å². The molecule has 3 rings (SSSR count). The molecule has 2 aromatic rings. The molecule has 1 saturated heterocycles. The Labute approximate surface area is 172 Å². The van der Waals surface area contributed by atoms with Gasteiger partial charge in [0.15, 0.2) is 0 Å². The van der Waals surface area contributed by atoms with Gasteiger partial charge in [0.05, 0.1) is 6.04 Å². The highest BCUT2D eigenvalue weighted by atomic mass is 19.1. The highest BCUT2D eigenvalue weighted by Crippen LogP contribution is 2.21. The molecule has 6 heteroatoms. The van der Waals surface area contributed by atoms with E-state index in [-0.39, 0.29) is 17.9 Å². The van der Waals surface area contributed by atoms with Gasteiger partial charge in [-0.3, -0.25) is 0 Å². The molecule has 1 aromatic heterocycles. The first kappa shape index (κ1) is 21.1. The molecule has 0 spiro atoms. The van der Waals surface area contributed by atoms with Crippen LogP contribution in [0.5, 0.6) is 0 Å². The summed E-state index contributed by atoms with van der Waals surface area (Å²) in [5, 5.41) is 2.98. The lowest BCUT2D eigenvalue weighted by Gasteiger charge is -2.28. The Hall–Kier alpha value is -2.63. The van der Waals surface area contributed by atoms with Crippen molar-refractivity contribution in [3.05, 3.63) is 59.5 Å². The second-order valence-electron chi connectivity index (χ2n) is 7.60. The predicted octanol–water partition coefficient (Wildman–Crippen LogP) is 4.89. The molecular formula is C23H31FN4O. The van der Waals surface area contributed by atoms with E-state index in [0.717, 1.165) is 30.0 Å². The maximum Gasteiger partial charge on any atom is 0.318 e. The van der Waals surface area contributed by atoms with Crippen LogP contribution >= 0.6 is 0 Å². The Bertz CT molecular complexity index is 770. The van der Waals surface area contributed by atoms with Gasteiger partial charge in [-0.05, 0) is 56.0 Å². The van der Waals surface area contributed by atoms with Crippen molar-refractivity contribution in [2.45, 2.75) is 52.1 Å². The van der Waals surface area contributed by atoms with Gasteiger partial charge in [-0.2, -0.15) is 0 Å². The number of amides is 2. The highest BCUT2D eigenvalue weighted by molar-refractivity contribution is 5.74. The molecule has 0 bridgehead atoms. The average Bonchev–Trinajstić information content (AvgIpc) is 3.03. The second kappa shape index (κ2) is 10.2. The summed E-state index contributed by atoms with van der Waals surface area (Å²) in [4.78, 5) is 21.4. The fraction of sp³-hybridized carbons (Fsp3) is 0.478. The van der Waals surface area contributed by atoms with Crippen molar-refractivity contribution in [2.24, 2.45) is 0 Å². The van der Waals surface area contributed by atoms with E-state index >= 15 is 0 Å². The SMILES string of the molecule is CCN(C(=O)NCc1ccc(N2CCCCCC2)nc1)C(C)c1ccc(F)cc1. The first-order valence-electron chi connectivity index (χ1n) is 10.6. The third-order valence-electron chi connectivity index (χ3n) is 5.60. The Morgan fingerprint density at radius 3 is 2.41 bits per heavy atom. The molecular weight excluding hydrogens is 367 g/mol. The van der Waals surface area contributed by atoms with Crippen molar-refractivity contribution in [3.8, 4) is 0 Å². The summed E-state index contributed by atoms with van der Waals surface area (Å²) in [6.07, 6.45) is 6.88. The monoisotopic (exact) mass is 398 g/mol. The van der Waals surface area contributed by atoms with E-state index in [2.05, 4.69) is 15.2 Å². The van der Waals surface area contributed by atoms with Gasteiger partial charge in [-0.1, -0.05) is 31.0 Å². The number of hydrogen-bond acceptors (Lipinski definition) is 3. The van der Waals surface area contributed by atoms with E-state index in [1.54, 1.807) is 17.0 Å². The van der Waals surface area contributed by atoms with Crippen molar-refractivity contribution in [3.63, 3.8) is 0 Å². The van der Waals surface area contributed by atoms with Gasteiger partial charge in [0, 0.05) is 32.4 Å². The quantitative estimate of drug-likeness (QED) is 0.753. The minimum Gasteiger partial charge on any atom is -0.357 e. The van der Waals surface area contributed by atoms with Gasteiger partial charge in [-0.15, -0.1) is 0 Å². The number of urea groups is 1. The molecule has 1 fully saturated rings. The maximum absolute atomic E-state index is 13.2. The smallest absolute Gasteiger partial charge is 0.318 e. The van der Waals surface area contributed by atoms with Crippen molar-refractivity contribution in [1.29, 1.82) is 0 Å². The zero-order valence-corrected chi connectivity index (χ0v) is 17.4. The number of rotatable bonds is 6. The van der Waals surface area contributed by atoms with Gasteiger partial charge in [-0.25, -0.2) is 14.2 Å². The number of nitrogens with one attached hydrogen (secondary N) is 1. The van der Waals surface area contributed by atoms with Gasteiger partial charge in [0.2, 0.25) is 0 Å². The zero-order valence-electron chi connectivity index (χ0n) is 17.4. The molecule has 5 nitrogen and oxygen atoms in total. The van der Waals surface area contributed by atoms with Crippen molar-refractivity contribution in [2.75, 3.05) is 24.5 Å². The van der Waals surface area contributed by atoms with E-state index < -0.39 is 0 Å². The van der Waals surface area contributed by atoms with Crippen LogP contribution in [-0.4, -0.2) is 35.5 Å². The Morgan fingerprint density at radius 2 is 1.83 bits per heavy atom. The van der Waals surface area contributed by atoms with Crippen LogP contribution in [0.3, 0.4) is 0 Å². The number of carbonyl (C=O) groups is 1. The number of anilines is 1. The number of halogens is 1.